The quantitative estimate of drug-likeness (QED) is 0.431. The molecule has 0 aliphatic carbocycles. The molecule has 2 aromatic heterocycles. The predicted molar refractivity (Wildman–Crippen MR) is 113 cm³/mol. The predicted octanol–water partition coefficient (Wildman–Crippen LogP) is 4.66. The number of thiazole rings is 1. The van der Waals surface area contributed by atoms with E-state index in [1.807, 2.05) is 47.7 Å². The maximum atomic E-state index is 12.8. The van der Waals surface area contributed by atoms with Gasteiger partial charge in [0.05, 0.1) is 11.4 Å². The highest BCUT2D eigenvalue weighted by Gasteiger charge is 2.12. The summed E-state index contributed by atoms with van der Waals surface area (Å²) < 4.78 is 30.5. The normalized spacial score (nSPS) is 11.5. The van der Waals surface area contributed by atoms with E-state index in [0.717, 1.165) is 16.8 Å². The first kappa shape index (κ1) is 20.2. The number of fused-ring (bicyclic) bond motifs is 1. The van der Waals surface area contributed by atoms with E-state index in [4.69, 9.17) is 0 Å². The Morgan fingerprint density at radius 2 is 1.83 bits per heavy atom. The van der Waals surface area contributed by atoms with Gasteiger partial charge in [-0.2, -0.15) is 8.78 Å². The molecule has 0 spiro atoms. The zero-order valence-corrected chi connectivity index (χ0v) is 17.0. The third-order valence-electron chi connectivity index (χ3n) is 4.56. The molecule has 0 N–H and O–H groups in total. The summed E-state index contributed by atoms with van der Waals surface area (Å²) >= 11 is 1.43. The Morgan fingerprint density at radius 3 is 2.53 bits per heavy atom. The largest absolute Gasteiger partial charge is 0.435 e. The Kier molecular flexibility index (Phi) is 5.87. The lowest BCUT2D eigenvalue weighted by Gasteiger charge is -2.16. The van der Waals surface area contributed by atoms with E-state index in [-0.39, 0.29) is 11.3 Å². The minimum atomic E-state index is -2.83. The average molecular weight is 427 g/mol. The van der Waals surface area contributed by atoms with Crippen molar-refractivity contribution in [3.05, 3.63) is 87.7 Å². The van der Waals surface area contributed by atoms with Gasteiger partial charge in [0.15, 0.2) is 4.96 Å². The number of hydrogen-bond donors (Lipinski definition) is 0. The second-order valence-corrected chi connectivity index (χ2v) is 7.72. The van der Waals surface area contributed by atoms with Crippen molar-refractivity contribution in [2.45, 2.75) is 19.7 Å². The summed E-state index contributed by atoms with van der Waals surface area (Å²) in [5.41, 5.74) is 3.31. The highest BCUT2D eigenvalue weighted by molar-refractivity contribution is 7.15. The van der Waals surface area contributed by atoms with Gasteiger partial charge in [0.1, 0.15) is 5.75 Å². The van der Waals surface area contributed by atoms with Gasteiger partial charge in [-0.3, -0.25) is 14.1 Å². The van der Waals surface area contributed by atoms with E-state index in [1.165, 1.54) is 23.5 Å². The SMILES string of the molecule is CN(Cc1ccc(OC(F)F)cc1)Cc1cc(=O)n2c(-c3ccccc3)csc2n1. The van der Waals surface area contributed by atoms with E-state index in [9.17, 15) is 13.6 Å². The molecule has 4 rings (SSSR count). The van der Waals surface area contributed by atoms with Gasteiger partial charge < -0.3 is 4.74 Å². The molecule has 0 fully saturated rings. The van der Waals surface area contributed by atoms with Crippen LogP contribution in [0.1, 0.15) is 11.3 Å². The second kappa shape index (κ2) is 8.73. The minimum Gasteiger partial charge on any atom is -0.435 e. The Labute approximate surface area is 175 Å². The lowest BCUT2D eigenvalue weighted by Crippen LogP contribution is -2.21. The summed E-state index contributed by atoms with van der Waals surface area (Å²) in [5.74, 6) is 0.128. The van der Waals surface area contributed by atoms with Gasteiger partial charge in [-0.25, -0.2) is 4.98 Å². The summed E-state index contributed by atoms with van der Waals surface area (Å²) in [7, 11) is 1.91. The van der Waals surface area contributed by atoms with Crippen LogP contribution in [0, 0.1) is 0 Å². The first-order valence-corrected chi connectivity index (χ1v) is 10.2. The van der Waals surface area contributed by atoms with Crippen LogP contribution < -0.4 is 10.3 Å². The van der Waals surface area contributed by atoms with Crippen LogP contribution in [-0.2, 0) is 13.1 Å². The zero-order valence-electron chi connectivity index (χ0n) is 16.2. The smallest absolute Gasteiger partial charge is 0.387 e. The first-order chi connectivity index (χ1) is 14.5. The molecule has 154 valence electrons. The lowest BCUT2D eigenvalue weighted by atomic mass is 10.2. The molecule has 0 saturated heterocycles. The minimum absolute atomic E-state index is 0.114. The molecule has 0 aliphatic heterocycles. The van der Waals surface area contributed by atoms with Crippen molar-refractivity contribution in [3.8, 4) is 17.0 Å². The molecule has 0 atom stereocenters. The second-order valence-electron chi connectivity index (χ2n) is 6.89. The number of alkyl halides is 2. The molecule has 8 heteroatoms. The monoisotopic (exact) mass is 427 g/mol. The third-order valence-corrected chi connectivity index (χ3v) is 5.39. The molecule has 2 heterocycles. The summed E-state index contributed by atoms with van der Waals surface area (Å²) in [4.78, 5) is 20.1. The molecule has 2 aromatic carbocycles. The van der Waals surface area contributed by atoms with Crippen molar-refractivity contribution in [1.29, 1.82) is 0 Å². The third kappa shape index (κ3) is 4.55. The maximum Gasteiger partial charge on any atom is 0.387 e. The number of hydrogen-bond acceptors (Lipinski definition) is 5. The van der Waals surface area contributed by atoms with Crippen molar-refractivity contribution in [3.63, 3.8) is 0 Å². The molecule has 0 amide bonds. The van der Waals surface area contributed by atoms with Gasteiger partial charge in [-0.15, -0.1) is 11.3 Å². The van der Waals surface area contributed by atoms with Crippen LogP contribution in [0.4, 0.5) is 8.78 Å². The van der Waals surface area contributed by atoms with Crippen molar-refractivity contribution in [2.24, 2.45) is 0 Å². The van der Waals surface area contributed by atoms with Crippen LogP contribution in [0.15, 0.2) is 70.8 Å². The van der Waals surface area contributed by atoms with E-state index in [0.29, 0.717) is 23.7 Å². The average Bonchev–Trinajstić information content (AvgIpc) is 3.14. The Morgan fingerprint density at radius 1 is 1.10 bits per heavy atom. The molecule has 0 radical (unpaired) electrons. The first-order valence-electron chi connectivity index (χ1n) is 9.27. The topological polar surface area (TPSA) is 46.8 Å². The van der Waals surface area contributed by atoms with Crippen LogP contribution in [0.5, 0.6) is 5.75 Å². The van der Waals surface area contributed by atoms with Gasteiger partial charge in [0, 0.05) is 24.5 Å². The zero-order chi connectivity index (χ0) is 21.1. The van der Waals surface area contributed by atoms with Crippen LogP contribution >= 0.6 is 11.3 Å². The van der Waals surface area contributed by atoms with Crippen LogP contribution in [0.25, 0.3) is 16.2 Å². The highest BCUT2D eigenvalue weighted by atomic mass is 32.1. The summed E-state index contributed by atoms with van der Waals surface area (Å²) in [6.45, 7) is -1.77. The Bertz CT molecular complexity index is 1190. The van der Waals surface area contributed by atoms with Gasteiger partial charge in [0.2, 0.25) is 0 Å². The molecule has 30 heavy (non-hydrogen) atoms. The number of nitrogens with zero attached hydrogens (tertiary/aromatic N) is 3. The van der Waals surface area contributed by atoms with Gasteiger partial charge in [-0.1, -0.05) is 42.5 Å². The summed E-state index contributed by atoms with van der Waals surface area (Å²) in [6, 6.07) is 17.8. The van der Waals surface area contributed by atoms with Crippen molar-refractivity contribution < 1.29 is 13.5 Å². The Balaban J connectivity index is 1.49. The van der Waals surface area contributed by atoms with Gasteiger partial charge in [0.25, 0.3) is 5.56 Å². The van der Waals surface area contributed by atoms with Crippen LogP contribution in [0.3, 0.4) is 0 Å². The number of halogens is 2. The highest BCUT2D eigenvalue weighted by Crippen LogP contribution is 2.24. The van der Waals surface area contributed by atoms with Gasteiger partial charge in [-0.05, 0) is 30.3 Å². The van der Waals surface area contributed by atoms with Crippen LogP contribution in [-0.4, -0.2) is 27.9 Å². The molecular weight excluding hydrogens is 408 g/mol. The van der Waals surface area contributed by atoms with Crippen molar-refractivity contribution in [1.82, 2.24) is 14.3 Å². The molecule has 0 unspecified atom stereocenters. The fourth-order valence-electron chi connectivity index (χ4n) is 3.28. The fraction of sp³-hybridized carbons (Fsp3) is 0.182. The van der Waals surface area contributed by atoms with Crippen molar-refractivity contribution >= 4 is 16.3 Å². The fourth-order valence-corrected chi connectivity index (χ4v) is 4.20. The van der Waals surface area contributed by atoms with E-state index in [1.54, 1.807) is 22.6 Å². The summed E-state index contributed by atoms with van der Waals surface area (Å²) in [6.07, 6.45) is 0. The number of benzene rings is 2. The van der Waals surface area contributed by atoms with E-state index in [2.05, 4.69) is 9.72 Å². The van der Waals surface area contributed by atoms with Crippen molar-refractivity contribution in [2.75, 3.05) is 7.05 Å². The molecular formula is C22H19F2N3O2S. The molecule has 0 saturated carbocycles. The number of ether oxygens (including phenoxy) is 1. The standard InChI is InChI=1S/C22H19F2N3O2S/c1-26(12-15-7-9-18(10-8-15)29-21(23)24)13-17-11-20(28)27-19(14-30-22(27)25-17)16-5-3-2-4-6-16/h2-11,14,21H,12-13H2,1H3. The lowest BCUT2D eigenvalue weighted by molar-refractivity contribution is -0.0498. The number of aromatic nitrogens is 2. The molecule has 5 nitrogen and oxygen atoms in total. The Hall–Kier alpha value is -3.10. The van der Waals surface area contributed by atoms with Gasteiger partial charge >= 0.3 is 6.61 Å². The molecule has 0 bridgehead atoms. The van der Waals surface area contributed by atoms with E-state index < -0.39 is 6.61 Å². The molecule has 0 aliphatic rings. The molecule has 4 aromatic rings. The number of rotatable bonds is 7. The maximum absolute atomic E-state index is 12.8. The van der Waals surface area contributed by atoms with Crippen LogP contribution in [0.2, 0.25) is 0 Å². The summed E-state index contributed by atoms with van der Waals surface area (Å²) in [5, 5.41) is 1.94. The van der Waals surface area contributed by atoms with E-state index >= 15 is 0 Å².